The number of halogens is 1. The zero-order valence-electron chi connectivity index (χ0n) is 16.0. The Bertz CT molecular complexity index is 883. The van der Waals surface area contributed by atoms with E-state index >= 15 is 0 Å². The first-order valence-electron chi connectivity index (χ1n) is 9.47. The average molecular weight is 385 g/mol. The lowest BCUT2D eigenvalue weighted by atomic mass is 9.68. The molecule has 0 radical (unpaired) electrons. The van der Waals surface area contributed by atoms with Crippen molar-refractivity contribution in [1.82, 2.24) is 0 Å². The highest BCUT2D eigenvalue weighted by Crippen LogP contribution is 2.50. The van der Waals surface area contributed by atoms with Gasteiger partial charge in [0.2, 0.25) is 0 Å². The number of benzene rings is 2. The van der Waals surface area contributed by atoms with E-state index in [0.29, 0.717) is 5.92 Å². The molecule has 1 amide bonds. The normalized spacial score (nSPS) is 23.7. The molecule has 142 valence electrons. The fourth-order valence-electron chi connectivity index (χ4n) is 4.50. The summed E-state index contributed by atoms with van der Waals surface area (Å²) in [6, 6.07) is 11.1. The largest absolute Gasteiger partial charge is 0.371 e. The molecule has 0 aliphatic carbocycles. The molecule has 0 spiro atoms. The van der Waals surface area contributed by atoms with Crippen LogP contribution < -0.4 is 10.2 Å². The summed E-state index contributed by atoms with van der Waals surface area (Å²) >= 11 is 1.18. The monoisotopic (exact) mass is 384 g/mol. The second kappa shape index (κ2) is 6.86. The zero-order valence-corrected chi connectivity index (χ0v) is 16.8. The molecule has 2 heterocycles. The van der Waals surface area contributed by atoms with Crippen LogP contribution in [0.4, 0.5) is 20.6 Å². The lowest BCUT2D eigenvalue weighted by molar-refractivity contribution is 0.270. The van der Waals surface area contributed by atoms with Crippen LogP contribution in [0.25, 0.3) is 0 Å². The molecule has 27 heavy (non-hydrogen) atoms. The first-order chi connectivity index (χ1) is 12.9. The van der Waals surface area contributed by atoms with Crippen molar-refractivity contribution in [3.8, 4) is 0 Å². The Morgan fingerprint density at radius 3 is 2.70 bits per heavy atom. The van der Waals surface area contributed by atoms with Crippen LogP contribution >= 0.6 is 11.8 Å². The van der Waals surface area contributed by atoms with Crippen LogP contribution in [0, 0.1) is 5.82 Å². The van der Waals surface area contributed by atoms with Crippen molar-refractivity contribution >= 4 is 28.4 Å². The summed E-state index contributed by atoms with van der Waals surface area (Å²) < 4.78 is 13.5. The van der Waals surface area contributed by atoms with Crippen molar-refractivity contribution in [2.45, 2.75) is 38.0 Å². The summed E-state index contributed by atoms with van der Waals surface area (Å²) in [5, 5.41) is 2.97. The van der Waals surface area contributed by atoms with Crippen molar-refractivity contribution in [1.29, 1.82) is 0 Å². The average Bonchev–Trinajstić information content (AvgIpc) is 2.67. The minimum absolute atomic E-state index is 0.0539. The first-order valence-corrected chi connectivity index (χ1v) is 10.7. The van der Waals surface area contributed by atoms with Gasteiger partial charge < -0.3 is 10.2 Å². The standard InChI is InChI=1S/C22H25FN2OS/c1-14-8-10-25-11-9-22(2,15-4-6-16(23)7-5-15)19-13-17(24-21(26)27-3)12-18(14)20(19)25/h4-7,12-14H,8-11H2,1-3H3,(H,24,26)/t14?,22-/m0/s1. The Morgan fingerprint density at radius 2 is 2.00 bits per heavy atom. The fourth-order valence-corrected chi connectivity index (χ4v) is 4.72. The van der Waals surface area contributed by atoms with Crippen molar-refractivity contribution in [2.24, 2.45) is 0 Å². The molecule has 0 saturated heterocycles. The molecule has 2 aliphatic heterocycles. The molecular formula is C22H25FN2OS. The number of carbonyl (C=O) groups excluding carboxylic acids is 1. The van der Waals surface area contributed by atoms with Gasteiger partial charge in [0.25, 0.3) is 5.24 Å². The highest BCUT2D eigenvalue weighted by Gasteiger charge is 2.40. The molecule has 4 rings (SSSR count). The number of nitrogens with one attached hydrogen (secondary N) is 1. The Hall–Kier alpha value is -2.01. The smallest absolute Gasteiger partial charge is 0.283 e. The van der Waals surface area contributed by atoms with Gasteiger partial charge >= 0.3 is 0 Å². The van der Waals surface area contributed by atoms with Gasteiger partial charge in [-0.2, -0.15) is 0 Å². The number of amides is 1. The van der Waals surface area contributed by atoms with Crippen LogP contribution in [0.1, 0.15) is 49.3 Å². The Labute approximate surface area is 164 Å². The molecule has 1 unspecified atom stereocenters. The number of hydrogen-bond donors (Lipinski definition) is 1. The van der Waals surface area contributed by atoms with Gasteiger partial charge in [-0.15, -0.1) is 0 Å². The van der Waals surface area contributed by atoms with Gasteiger partial charge in [0.15, 0.2) is 0 Å². The van der Waals surface area contributed by atoms with Gasteiger partial charge in [-0.3, -0.25) is 4.79 Å². The maximum atomic E-state index is 13.5. The molecule has 5 heteroatoms. The van der Waals surface area contributed by atoms with Gasteiger partial charge in [0.1, 0.15) is 5.82 Å². The zero-order chi connectivity index (χ0) is 19.2. The van der Waals surface area contributed by atoms with E-state index in [2.05, 4.69) is 36.2 Å². The molecular weight excluding hydrogens is 359 g/mol. The molecule has 0 saturated carbocycles. The van der Waals surface area contributed by atoms with E-state index in [-0.39, 0.29) is 16.5 Å². The van der Waals surface area contributed by atoms with Crippen LogP contribution in [0.5, 0.6) is 0 Å². The predicted molar refractivity (Wildman–Crippen MR) is 112 cm³/mol. The molecule has 0 aromatic heterocycles. The second-order valence-electron chi connectivity index (χ2n) is 7.84. The van der Waals surface area contributed by atoms with E-state index < -0.39 is 0 Å². The number of thioether (sulfide) groups is 1. The maximum Gasteiger partial charge on any atom is 0.283 e. The summed E-state index contributed by atoms with van der Waals surface area (Å²) in [7, 11) is 0. The van der Waals surface area contributed by atoms with Crippen molar-refractivity contribution in [3.05, 3.63) is 58.9 Å². The quantitative estimate of drug-likeness (QED) is 0.716. The Kier molecular flexibility index (Phi) is 4.66. The van der Waals surface area contributed by atoms with Crippen LogP contribution in [0.3, 0.4) is 0 Å². The molecule has 0 bridgehead atoms. The first kappa shape index (κ1) is 18.4. The van der Waals surface area contributed by atoms with Gasteiger partial charge in [0.05, 0.1) is 0 Å². The lowest BCUT2D eigenvalue weighted by Crippen LogP contribution is -2.43. The summed E-state index contributed by atoms with van der Waals surface area (Å²) in [5.74, 6) is 0.244. The second-order valence-corrected chi connectivity index (χ2v) is 8.62. The molecule has 2 aromatic carbocycles. The highest BCUT2D eigenvalue weighted by molar-refractivity contribution is 8.13. The van der Waals surface area contributed by atoms with Crippen LogP contribution in [0.15, 0.2) is 36.4 Å². The molecule has 2 aliphatic rings. The minimum atomic E-state index is -0.212. The van der Waals surface area contributed by atoms with Gasteiger partial charge in [0, 0.05) is 29.9 Å². The number of carbonyl (C=O) groups is 1. The molecule has 2 atom stereocenters. The highest BCUT2D eigenvalue weighted by atomic mass is 32.2. The Balaban J connectivity index is 1.90. The van der Waals surface area contributed by atoms with E-state index in [1.165, 1.54) is 28.6 Å². The van der Waals surface area contributed by atoms with E-state index in [4.69, 9.17) is 0 Å². The third-order valence-electron chi connectivity index (χ3n) is 6.21. The van der Waals surface area contributed by atoms with E-state index in [1.807, 2.05) is 12.1 Å². The SMILES string of the molecule is CSC(=O)Nc1cc2c3c(c1)[C@](C)(c1ccc(F)cc1)CCN3CCC2C. The fraction of sp³-hybridized carbons (Fsp3) is 0.409. The van der Waals surface area contributed by atoms with Crippen LogP contribution in [-0.4, -0.2) is 24.6 Å². The maximum absolute atomic E-state index is 13.5. The predicted octanol–water partition coefficient (Wildman–Crippen LogP) is 5.74. The van der Waals surface area contributed by atoms with Crippen molar-refractivity contribution in [2.75, 3.05) is 29.6 Å². The number of rotatable bonds is 2. The van der Waals surface area contributed by atoms with E-state index in [1.54, 1.807) is 18.4 Å². The molecule has 2 aromatic rings. The third kappa shape index (κ3) is 3.12. The molecule has 1 N–H and O–H groups in total. The number of hydrogen-bond acceptors (Lipinski definition) is 3. The van der Waals surface area contributed by atoms with Gasteiger partial charge in [-0.1, -0.05) is 37.7 Å². The van der Waals surface area contributed by atoms with Crippen molar-refractivity contribution in [3.63, 3.8) is 0 Å². The Morgan fingerprint density at radius 1 is 1.26 bits per heavy atom. The third-order valence-corrected chi connectivity index (χ3v) is 6.68. The van der Waals surface area contributed by atoms with Crippen LogP contribution in [0.2, 0.25) is 0 Å². The van der Waals surface area contributed by atoms with Gasteiger partial charge in [-0.05, 0) is 66.0 Å². The summed E-state index contributed by atoms with van der Waals surface area (Å²) in [5.41, 5.74) is 5.63. The topological polar surface area (TPSA) is 32.3 Å². The van der Waals surface area contributed by atoms with Crippen LogP contribution in [-0.2, 0) is 5.41 Å². The number of anilines is 2. The lowest BCUT2D eigenvalue weighted by Gasteiger charge is -2.47. The van der Waals surface area contributed by atoms with Crippen molar-refractivity contribution < 1.29 is 9.18 Å². The minimum Gasteiger partial charge on any atom is -0.371 e. The number of nitrogens with zero attached hydrogens (tertiary/aromatic N) is 1. The summed E-state index contributed by atoms with van der Waals surface area (Å²) in [4.78, 5) is 14.5. The van der Waals surface area contributed by atoms with Gasteiger partial charge in [-0.25, -0.2) is 4.39 Å². The molecule has 0 fully saturated rings. The van der Waals surface area contributed by atoms with E-state index in [0.717, 1.165) is 37.2 Å². The summed E-state index contributed by atoms with van der Waals surface area (Å²) in [6.45, 7) is 6.57. The molecule has 3 nitrogen and oxygen atoms in total. The van der Waals surface area contributed by atoms with E-state index in [9.17, 15) is 9.18 Å². The summed E-state index contributed by atoms with van der Waals surface area (Å²) in [6.07, 6.45) is 3.88.